The Labute approximate surface area is 138 Å². The Balaban J connectivity index is 1.85. The molecule has 0 bridgehead atoms. The van der Waals surface area contributed by atoms with Crippen LogP contribution in [0.25, 0.3) is 0 Å². The van der Waals surface area contributed by atoms with Crippen LogP contribution >= 0.6 is 11.8 Å². The highest BCUT2D eigenvalue weighted by Gasteiger charge is 2.06. The summed E-state index contributed by atoms with van der Waals surface area (Å²) < 4.78 is 4.99. The molecule has 0 heterocycles. The fourth-order valence-electron chi connectivity index (χ4n) is 1.67. The predicted molar refractivity (Wildman–Crippen MR) is 86.7 cm³/mol. The van der Waals surface area contributed by atoms with Crippen LogP contribution in [0.5, 0.6) is 0 Å². The van der Waals surface area contributed by atoms with E-state index >= 15 is 0 Å². The van der Waals surface area contributed by atoms with Crippen molar-refractivity contribution >= 4 is 23.8 Å². The number of hydroxylamine groups is 1. The first-order valence-corrected chi connectivity index (χ1v) is 7.93. The minimum atomic E-state index is -0.798. The normalized spacial score (nSPS) is 9.96. The zero-order valence-corrected chi connectivity index (χ0v) is 13.5. The molecule has 5 nitrogen and oxygen atoms in total. The largest absolute Gasteiger partial charge is 0.443 e. The summed E-state index contributed by atoms with van der Waals surface area (Å²) in [6.07, 6.45) is -0.619. The molecule has 2 aromatic carbocycles. The summed E-state index contributed by atoms with van der Waals surface area (Å²) in [7, 11) is 0. The molecule has 1 amide bonds. The number of rotatable bonds is 5. The van der Waals surface area contributed by atoms with Gasteiger partial charge in [0.05, 0.1) is 0 Å². The van der Waals surface area contributed by atoms with Crippen molar-refractivity contribution < 1.29 is 19.2 Å². The number of amides is 1. The average molecular weight is 331 g/mol. The molecular weight excluding hydrogens is 314 g/mol. The van der Waals surface area contributed by atoms with Crippen molar-refractivity contribution in [3.63, 3.8) is 0 Å². The summed E-state index contributed by atoms with van der Waals surface area (Å²) in [6, 6.07) is 17.7. The van der Waals surface area contributed by atoms with Gasteiger partial charge in [0, 0.05) is 16.2 Å². The lowest BCUT2D eigenvalue weighted by Gasteiger charge is -2.08. The first-order chi connectivity index (χ1) is 11.2. The van der Waals surface area contributed by atoms with Gasteiger partial charge < -0.3 is 9.57 Å². The zero-order valence-electron chi connectivity index (χ0n) is 12.7. The van der Waals surface area contributed by atoms with Crippen molar-refractivity contribution in [1.82, 2.24) is 5.48 Å². The molecule has 2 aromatic rings. The maximum atomic E-state index is 11.4. The number of hydrogen-bond donors (Lipinski definition) is 1. The summed E-state index contributed by atoms with van der Waals surface area (Å²) in [4.78, 5) is 29.0. The molecule has 0 saturated heterocycles. The van der Waals surface area contributed by atoms with Crippen LogP contribution in [-0.2, 0) is 21.0 Å². The Morgan fingerprint density at radius 1 is 1.04 bits per heavy atom. The molecule has 0 radical (unpaired) electrons. The van der Waals surface area contributed by atoms with E-state index in [1.165, 1.54) is 0 Å². The van der Waals surface area contributed by atoms with Crippen molar-refractivity contribution in [2.24, 2.45) is 0 Å². The van der Waals surface area contributed by atoms with Gasteiger partial charge in [-0.15, -0.1) is 5.48 Å². The van der Waals surface area contributed by atoms with Gasteiger partial charge in [-0.2, -0.15) is 0 Å². The lowest BCUT2D eigenvalue weighted by Crippen LogP contribution is -2.27. The minimum absolute atomic E-state index is 0.0959. The maximum absolute atomic E-state index is 11.4. The van der Waals surface area contributed by atoms with Crippen molar-refractivity contribution in [3.8, 4) is 0 Å². The number of carbonyl (C=O) groups is 2. The van der Waals surface area contributed by atoms with Crippen molar-refractivity contribution in [2.75, 3.05) is 0 Å². The quantitative estimate of drug-likeness (QED) is 0.841. The summed E-state index contributed by atoms with van der Waals surface area (Å²) in [5.41, 5.74) is 2.79. The van der Waals surface area contributed by atoms with Gasteiger partial charge in [0.25, 0.3) is 0 Å². The van der Waals surface area contributed by atoms with Gasteiger partial charge in [-0.25, -0.2) is 9.59 Å². The van der Waals surface area contributed by atoms with Crippen molar-refractivity contribution in [1.29, 1.82) is 0 Å². The van der Waals surface area contributed by atoms with E-state index in [1.54, 1.807) is 18.7 Å². The third-order valence-corrected chi connectivity index (χ3v) is 3.78. The van der Waals surface area contributed by atoms with E-state index in [9.17, 15) is 9.59 Å². The van der Waals surface area contributed by atoms with E-state index in [-0.39, 0.29) is 13.0 Å². The van der Waals surface area contributed by atoms with Gasteiger partial charge in [-0.05, 0) is 29.8 Å². The Bertz CT molecular complexity index is 661. The Hall–Kier alpha value is -2.47. The van der Waals surface area contributed by atoms with E-state index in [0.717, 1.165) is 15.4 Å². The SMILES string of the molecule is CCC(=O)ONC(=O)OCc1cccc(Sc2ccccc2)c1. The standard InChI is InChI=1S/C17H17NO4S/c1-2-16(19)22-18-17(20)21-12-13-7-6-10-15(11-13)23-14-8-4-3-5-9-14/h3-11H,2,12H2,1H3,(H,18,20). The van der Waals surface area contributed by atoms with Crippen LogP contribution in [-0.4, -0.2) is 12.1 Å². The predicted octanol–water partition coefficient (Wildman–Crippen LogP) is 3.93. The molecule has 0 spiro atoms. The van der Waals surface area contributed by atoms with E-state index in [1.807, 2.05) is 60.1 Å². The molecule has 0 unspecified atom stereocenters. The summed E-state index contributed by atoms with van der Waals surface area (Å²) in [5.74, 6) is -0.525. The molecule has 0 aliphatic carbocycles. The molecule has 0 aliphatic rings. The van der Waals surface area contributed by atoms with Gasteiger partial charge in [-0.3, -0.25) is 0 Å². The molecule has 0 atom stereocenters. The third kappa shape index (κ3) is 6.04. The van der Waals surface area contributed by atoms with E-state index in [0.29, 0.717) is 0 Å². The van der Waals surface area contributed by atoms with Gasteiger partial charge in [0.1, 0.15) is 6.61 Å². The molecule has 0 fully saturated rings. The molecule has 23 heavy (non-hydrogen) atoms. The lowest BCUT2D eigenvalue weighted by molar-refractivity contribution is -0.149. The fourth-order valence-corrected chi connectivity index (χ4v) is 2.59. The topological polar surface area (TPSA) is 64.6 Å². The molecule has 2 rings (SSSR count). The van der Waals surface area contributed by atoms with Crippen LogP contribution in [0.1, 0.15) is 18.9 Å². The van der Waals surface area contributed by atoms with Crippen molar-refractivity contribution in [3.05, 3.63) is 60.2 Å². The minimum Gasteiger partial charge on any atom is -0.443 e. The number of hydrogen-bond acceptors (Lipinski definition) is 5. The molecule has 0 aromatic heterocycles. The van der Waals surface area contributed by atoms with Gasteiger partial charge in [-0.1, -0.05) is 49.0 Å². The number of carbonyl (C=O) groups excluding carboxylic acids is 2. The molecular formula is C17H17NO4S. The van der Waals surface area contributed by atoms with Gasteiger partial charge in [0.2, 0.25) is 0 Å². The molecule has 120 valence electrons. The van der Waals surface area contributed by atoms with Crippen LogP contribution in [0.3, 0.4) is 0 Å². The smallest absolute Gasteiger partial charge is 0.441 e. The number of benzene rings is 2. The number of ether oxygens (including phenoxy) is 1. The first kappa shape index (κ1) is 16.9. The summed E-state index contributed by atoms with van der Waals surface area (Å²) >= 11 is 1.63. The summed E-state index contributed by atoms with van der Waals surface area (Å²) in [6.45, 7) is 1.73. The van der Waals surface area contributed by atoms with Crippen LogP contribution in [0.15, 0.2) is 64.4 Å². The van der Waals surface area contributed by atoms with Crippen LogP contribution in [0, 0.1) is 0 Å². The molecule has 0 saturated carbocycles. The monoisotopic (exact) mass is 331 g/mol. The molecule has 6 heteroatoms. The van der Waals surface area contributed by atoms with Crippen LogP contribution < -0.4 is 5.48 Å². The highest BCUT2D eigenvalue weighted by atomic mass is 32.2. The Morgan fingerprint density at radius 3 is 2.52 bits per heavy atom. The Morgan fingerprint density at radius 2 is 1.78 bits per heavy atom. The summed E-state index contributed by atoms with van der Waals surface area (Å²) in [5, 5.41) is 0. The first-order valence-electron chi connectivity index (χ1n) is 7.11. The van der Waals surface area contributed by atoms with Crippen molar-refractivity contribution in [2.45, 2.75) is 29.7 Å². The average Bonchev–Trinajstić information content (AvgIpc) is 2.59. The molecule has 1 N–H and O–H groups in total. The van der Waals surface area contributed by atoms with E-state index in [2.05, 4.69) is 4.84 Å². The number of nitrogens with one attached hydrogen (secondary N) is 1. The lowest BCUT2D eigenvalue weighted by atomic mass is 10.2. The second kappa shape index (κ2) is 8.85. The van der Waals surface area contributed by atoms with E-state index < -0.39 is 12.1 Å². The second-order valence-corrected chi connectivity index (χ2v) is 5.72. The van der Waals surface area contributed by atoms with Gasteiger partial charge >= 0.3 is 12.1 Å². The molecule has 0 aliphatic heterocycles. The highest BCUT2D eigenvalue weighted by Crippen LogP contribution is 2.27. The Kier molecular flexibility index (Phi) is 6.50. The van der Waals surface area contributed by atoms with Crippen LogP contribution in [0.4, 0.5) is 4.79 Å². The third-order valence-electron chi connectivity index (χ3n) is 2.78. The van der Waals surface area contributed by atoms with Crippen LogP contribution in [0.2, 0.25) is 0 Å². The zero-order chi connectivity index (χ0) is 16.5. The van der Waals surface area contributed by atoms with E-state index in [4.69, 9.17) is 4.74 Å². The highest BCUT2D eigenvalue weighted by molar-refractivity contribution is 7.99. The second-order valence-electron chi connectivity index (χ2n) is 4.57. The fraction of sp³-hybridized carbons (Fsp3) is 0.176. The van der Waals surface area contributed by atoms with Gasteiger partial charge in [0.15, 0.2) is 0 Å². The maximum Gasteiger partial charge on any atom is 0.441 e.